The number of hydrazone groups is 1. The Kier molecular flexibility index (Phi) is 6.04. The third-order valence-electron chi connectivity index (χ3n) is 4.78. The summed E-state index contributed by atoms with van der Waals surface area (Å²) in [6, 6.07) is 17.6. The van der Waals surface area contributed by atoms with Gasteiger partial charge in [0.05, 0.1) is 16.4 Å². The lowest BCUT2D eigenvalue weighted by atomic mass is 10.1. The second kappa shape index (κ2) is 9.06. The molecule has 4 rings (SSSR count). The topological polar surface area (TPSA) is 114 Å². The molecule has 10 heteroatoms. The number of nitrogens with one attached hydrogen (secondary N) is 1. The average Bonchev–Trinajstić information content (AvgIpc) is 3.16. The van der Waals surface area contributed by atoms with Gasteiger partial charge in [0.2, 0.25) is 5.91 Å². The van der Waals surface area contributed by atoms with Gasteiger partial charge in [-0.1, -0.05) is 48.2 Å². The van der Waals surface area contributed by atoms with Crippen LogP contribution in [0, 0.1) is 17.0 Å². The van der Waals surface area contributed by atoms with Crippen LogP contribution >= 0.6 is 11.8 Å². The quantitative estimate of drug-likeness (QED) is 0.453. The van der Waals surface area contributed by atoms with Gasteiger partial charge in [0.15, 0.2) is 11.8 Å². The average molecular weight is 450 g/mol. The van der Waals surface area contributed by atoms with Crippen LogP contribution in [0.4, 0.5) is 11.4 Å². The Morgan fingerprint density at radius 2 is 1.97 bits per heavy atom. The normalized spacial score (nSPS) is 14.7. The van der Waals surface area contributed by atoms with Gasteiger partial charge in [-0.2, -0.15) is 0 Å². The van der Waals surface area contributed by atoms with E-state index < -0.39 is 10.8 Å². The molecule has 1 heterocycles. The molecule has 1 aliphatic heterocycles. The first-order chi connectivity index (χ1) is 15.4. The molecule has 0 aliphatic carbocycles. The van der Waals surface area contributed by atoms with E-state index in [1.165, 1.54) is 17.0 Å². The number of hydrogen-bond acceptors (Lipinski definition) is 7. The number of rotatable bonds is 6. The first-order valence-electron chi connectivity index (χ1n) is 9.61. The number of anilines is 1. The summed E-state index contributed by atoms with van der Waals surface area (Å²) in [4.78, 5) is 36.5. The Bertz CT molecular complexity index is 1260. The van der Waals surface area contributed by atoms with E-state index in [4.69, 9.17) is 4.74 Å². The van der Waals surface area contributed by atoms with E-state index in [1.54, 1.807) is 19.1 Å². The van der Waals surface area contributed by atoms with Crippen LogP contribution in [0.5, 0.6) is 5.75 Å². The van der Waals surface area contributed by atoms with Gasteiger partial charge in [0.25, 0.3) is 11.6 Å². The summed E-state index contributed by atoms with van der Waals surface area (Å²) in [6.07, 6.45) is 0. The van der Waals surface area contributed by atoms with Gasteiger partial charge in [-0.15, -0.1) is 5.10 Å². The van der Waals surface area contributed by atoms with E-state index in [0.29, 0.717) is 17.0 Å². The van der Waals surface area contributed by atoms with Crippen LogP contribution < -0.4 is 15.1 Å². The van der Waals surface area contributed by atoms with Crippen molar-refractivity contribution in [2.24, 2.45) is 5.10 Å². The molecule has 162 valence electrons. The summed E-state index contributed by atoms with van der Waals surface area (Å²) in [5.74, 6) is -0.115. The van der Waals surface area contributed by atoms with Crippen molar-refractivity contribution in [3.8, 4) is 5.75 Å². The van der Waals surface area contributed by atoms with Crippen LogP contribution in [0.2, 0.25) is 0 Å². The van der Waals surface area contributed by atoms with Crippen molar-refractivity contribution < 1.29 is 19.2 Å². The van der Waals surface area contributed by atoms with Gasteiger partial charge in [0, 0.05) is 12.1 Å². The minimum Gasteiger partial charge on any atom is -0.484 e. The number of aryl methyl sites for hydroxylation is 1. The summed E-state index contributed by atoms with van der Waals surface area (Å²) in [7, 11) is 0. The molecule has 0 unspecified atom stereocenters. The molecular formula is C22H18N4O5S. The van der Waals surface area contributed by atoms with Gasteiger partial charge in [-0.05, 0) is 35.4 Å². The molecule has 0 saturated carbocycles. The lowest BCUT2D eigenvalue weighted by molar-refractivity contribution is -0.384. The Labute approximate surface area is 187 Å². The first kappa shape index (κ1) is 21.3. The lowest BCUT2D eigenvalue weighted by Crippen LogP contribution is -2.33. The summed E-state index contributed by atoms with van der Waals surface area (Å²) < 4.78 is 5.54. The SMILES string of the molecule is Cc1ccc([N+](=O)[O-])cc1N1C(=O)CSC1=NNC(=O)COc1ccc2ccccc2c1. The lowest BCUT2D eigenvalue weighted by Gasteiger charge is -2.18. The Morgan fingerprint density at radius 1 is 1.19 bits per heavy atom. The molecule has 1 N–H and O–H groups in total. The van der Waals surface area contributed by atoms with Crippen molar-refractivity contribution in [2.45, 2.75) is 6.92 Å². The van der Waals surface area contributed by atoms with Crippen LogP contribution in [0.15, 0.2) is 65.8 Å². The van der Waals surface area contributed by atoms with E-state index in [-0.39, 0.29) is 29.1 Å². The van der Waals surface area contributed by atoms with Gasteiger partial charge in [0.1, 0.15) is 5.75 Å². The Hall–Kier alpha value is -3.92. The number of nitrogens with zero attached hydrogens (tertiary/aromatic N) is 3. The van der Waals surface area contributed by atoms with Gasteiger partial charge >= 0.3 is 0 Å². The van der Waals surface area contributed by atoms with E-state index in [2.05, 4.69) is 10.5 Å². The number of ether oxygens (including phenoxy) is 1. The number of benzene rings is 3. The van der Waals surface area contributed by atoms with E-state index in [9.17, 15) is 19.7 Å². The fourth-order valence-corrected chi connectivity index (χ4v) is 4.00. The second-order valence-electron chi connectivity index (χ2n) is 6.97. The van der Waals surface area contributed by atoms with Gasteiger partial charge < -0.3 is 4.74 Å². The number of amidine groups is 1. The van der Waals surface area contributed by atoms with Crippen molar-refractivity contribution >= 4 is 50.9 Å². The van der Waals surface area contributed by atoms with Crippen molar-refractivity contribution in [2.75, 3.05) is 17.3 Å². The highest BCUT2D eigenvalue weighted by atomic mass is 32.2. The van der Waals surface area contributed by atoms with Crippen LogP contribution in [0.25, 0.3) is 10.8 Å². The Morgan fingerprint density at radius 3 is 2.75 bits per heavy atom. The molecule has 3 aromatic carbocycles. The molecule has 2 amide bonds. The molecule has 0 atom stereocenters. The number of hydrogen-bond donors (Lipinski definition) is 1. The molecule has 0 spiro atoms. The molecule has 9 nitrogen and oxygen atoms in total. The predicted molar refractivity (Wildman–Crippen MR) is 123 cm³/mol. The number of carbonyl (C=O) groups excluding carboxylic acids is 2. The smallest absolute Gasteiger partial charge is 0.278 e. The number of nitro benzene ring substituents is 1. The third kappa shape index (κ3) is 4.54. The highest BCUT2D eigenvalue weighted by molar-refractivity contribution is 8.15. The molecule has 32 heavy (non-hydrogen) atoms. The zero-order valence-corrected chi connectivity index (χ0v) is 17.8. The number of thioether (sulfide) groups is 1. The molecule has 1 fully saturated rings. The van der Waals surface area contributed by atoms with Crippen LogP contribution in [-0.2, 0) is 9.59 Å². The fourth-order valence-electron chi connectivity index (χ4n) is 3.18. The zero-order chi connectivity index (χ0) is 22.7. The molecular weight excluding hydrogens is 432 g/mol. The number of fused-ring (bicyclic) bond motifs is 1. The molecule has 1 saturated heterocycles. The first-order valence-corrected chi connectivity index (χ1v) is 10.6. The van der Waals surface area contributed by atoms with Crippen molar-refractivity contribution in [1.82, 2.24) is 5.43 Å². The number of amides is 2. The van der Waals surface area contributed by atoms with Crippen molar-refractivity contribution in [3.05, 3.63) is 76.3 Å². The number of carbonyl (C=O) groups is 2. The highest BCUT2D eigenvalue weighted by Crippen LogP contribution is 2.32. The van der Waals surface area contributed by atoms with Crippen LogP contribution in [0.3, 0.4) is 0 Å². The summed E-state index contributed by atoms with van der Waals surface area (Å²) in [5.41, 5.74) is 3.28. The molecule has 0 aromatic heterocycles. The van der Waals surface area contributed by atoms with Gasteiger partial charge in [-0.25, -0.2) is 5.43 Å². The van der Waals surface area contributed by atoms with Crippen LogP contribution in [-0.4, -0.2) is 34.3 Å². The zero-order valence-electron chi connectivity index (χ0n) is 17.0. The summed E-state index contributed by atoms with van der Waals surface area (Å²) in [6.45, 7) is 1.48. The Balaban J connectivity index is 1.44. The summed E-state index contributed by atoms with van der Waals surface area (Å²) >= 11 is 1.14. The monoisotopic (exact) mass is 450 g/mol. The minimum absolute atomic E-state index is 0.116. The van der Waals surface area contributed by atoms with E-state index in [1.807, 2.05) is 36.4 Å². The third-order valence-corrected chi connectivity index (χ3v) is 5.70. The van der Waals surface area contributed by atoms with Crippen molar-refractivity contribution in [3.63, 3.8) is 0 Å². The number of non-ortho nitro benzene ring substituents is 1. The maximum Gasteiger partial charge on any atom is 0.278 e. The predicted octanol–water partition coefficient (Wildman–Crippen LogP) is 3.60. The minimum atomic E-state index is -0.528. The largest absolute Gasteiger partial charge is 0.484 e. The van der Waals surface area contributed by atoms with Gasteiger partial charge in [-0.3, -0.25) is 24.6 Å². The number of nitro groups is 1. The maximum atomic E-state index is 12.4. The molecule has 0 radical (unpaired) electrons. The van der Waals surface area contributed by atoms with Crippen LogP contribution in [0.1, 0.15) is 5.56 Å². The second-order valence-corrected chi connectivity index (χ2v) is 7.92. The molecule has 1 aliphatic rings. The standard InChI is InChI=1S/C22H18N4O5S/c1-14-6-8-17(26(29)30)11-19(14)25-21(28)13-32-22(25)24-23-20(27)12-31-18-9-7-15-4-2-3-5-16(15)10-18/h2-11H,12-13H2,1H3,(H,23,27). The summed E-state index contributed by atoms with van der Waals surface area (Å²) in [5, 5.41) is 17.5. The van der Waals surface area contributed by atoms with Crippen molar-refractivity contribution in [1.29, 1.82) is 0 Å². The molecule has 3 aromatic rings. The molecule has 0 bridgehead atoms. The maximum absolute atomic E-state index is 12.4. The van der Waals surface area contributed by atoms with E-state index >= 15 is 0 Å². The highest BCUT2D eigenvalue weighted by Gasteiger charge is 2.32. The fraction of sp³-hybridized carbons (Fsp3) is 0.136. The van der Waals surface area contributed by atoms with E-state index in [0.717, 1.165) is 22.5 Å².